The zero-order valence-corrected chi connectivity index (χ0v) is 12.0. The Labute approximate surface area is 115 Å². The van der Waals surface area contributed by atoms with E-state index in [-0.39, 0.29) is 23.7 Å². The fourth-order valence-electron chi connectivity index (χ4n) is 1.60. The zero-order valence-electron chi connectivity index (χ0n) is 11.2. The second kappa shape index (κ2) is 5.92. The van der Waals surface area contributed by atoms with Crippen LogP contribution in [0, 0.1) is 0 Å². The molecule has 0 radical (unpaired) electrons. The van der Waals surface area contributed by atoms with Crippen LogP contribution >= 0.6 is 11.3 Å². The summed E-state index contributed by atoms with van der Waals surface area (Å²) >= 11 is 1.53. The van der Waals surface area contributed by atoms with E-state index in [0.29, 0.717) is 5.82 Å². The molecule has 1 unspecified atom stereocenters. The van der Waals surface area contributed by atoms with E-state index >= 15 is 0 Å². The lowest BCUT2D eigenvalue weighted by Gasteiger charge is -2.12. The van der Waals surface area contributed by atoms with Crippen LogP contribution in [-0.2, 0) is 0 Å². The van der Waals surface area contributed by atoms with Crippen LogP contribution in [0.4, 0.5) is 0 Å². The minimum absolute atomic E-state index is 0.0894. The SMILES string of the molecule is CCC(NC(=O)c1n[nH]c(C(C)C)n1)c1nccs1. The van der Waals surface area contributed by atoms with Crippen LogP contribution in [0.2, 0.25) is 0 Å². The predicted molar refractivity (Wildman–Crippen MR) is 73.1 cm³/mol. The fourth-order valence-corrected chi connectivity index (χ4v) is 2.37. The molecule has 0 spiro atoms. The van der Waals surface area contributed by atoms with Gasteiger partial charge in [0.15, 0.2) is 0 Å². The number of rotatable bonds is 5. The van der Waals surface area contributed by atoms with Crippen molar-refractivity contribution in [2.75, 3.05) is 0 Å². The van der Waals surface area contributed by atoms with Gasteiger partial charge in [-0.15, -0.1) is 16.4 Å². The third kappa shape index (κ3) is 3.17. The molecule has 1 amide bonds. The van der Waals surface area contributed by atoms with E-state index in [2.05, 4.69) is 25.5 Å². The maximum atomic E-state index is 12.1. The summed E-state index contributed by atoms with van der Waals surface area (Å²) in [5, 5.41) is 12.4. The van der Waals surface area contributed by atoms with E-state index < -0.39 is 0 Å². The maximum Gasteiger partial charge on any atom is 0.291 e. The van der Waals surface area contributed by atoms with Gasteiger partial charge >= 0.3 is 0 Å². The normalized spacial score (nSPS) is 12.6. The molecule has 0 fully saturated rings. The number of aromatic nitrogens is 4. The van der Waals surface area contributed by atoms with Crippen molar-refractivity contribution in [2.24, 2.45) is 0 Å². The Bertz CT molecular complexity index is 534. The smallest absolute Gasteiger partial charge is 0.291 e. The standard InChI is InChI=1S/C12H17N5OS/c1-4-8(12-13-5-6-19-12)14-11(18)10-15-9(7(2)3)16-17-10/h5-8H,4H2,1-3H3,(H,14,18)(H,15,16,17). The number of thiazole rings is 1. The van der Waals surface area contributed by atoms with Gasteiger partial charge in [-0.05, 0) is 6.42 Å². The summed E-state index contributed by atoms with van der Waals surface area (Å²) in [5.74, 6) is 0.839. The predicted octanol–water partition coefficient (Wildman–Crippen LogP) is 2.27. The van der Waals surface area contributed by atoms with Crippen molar-refractivity contribution < 1.29 is 4.79 Å². The number of H-pyrrole nitrogens is 1. The van der Waals surface area contributed by atoms with E-state index in [1.54, 1.807) is 6.20 Å². The van der Waals surface area contributed by atoms with Crippen LogP contribution in [0.1, 0.15) is 60.6 Å². The second-order valence-electron chi connectivity index (χ2n) is 4.50. The van der Waals surface area contributed by atoms with Crippen molar-refractivity contribution in [2.45, 2.75) is 39.2 Å². The molecule has 7 heteroatoms. The Kier molecular flexibility index (Phi) is 4.26. The summed E-state index contributed by atoms with van der Waals surface area (Å²) in [6, 6.07) is -0.0894. The van der Waals surface area contributed by atoms with E-state index in [0.717, 1.165) is 11.4 Å². The number of aromatic amines is 1. The van der Waals surface area contributed by atoms with Crippen molar-refractivity contribution in [3.8, 4) is 0 Å². The zero-order chi connectivity index (χ0) is 13.8. The van der Waals surface area contributed by atoms with E-state index in [4.69, 9.17) is 0 Å². The average Bonchev–Trinajstić information content (AvgIpc) is 3.05. The minimum Gasteiger partial charge on any atom is -0.340 e. The molecule has 0 bridgehead atoms. The number of amides is 1. The molecule has 0 aliphatic rings. The summed E-state index contributed by atoms with van der Waals surface area (Å²) in [5.41, 5.74) is 0. The van der Waals surface area contributed by atoms with Crippen LogP contribution in [-0.4, -0.2) is 26.1 Å². The van der Waals surface area contributed by atoms with Crippen molar-refractivity contribution in [1.82, 2.24) is 25.5 Å². The molecule has 2 aromatic heterocycles. The van der Waals surface area contributed by atoms with Gasteiger partial charge in [-0.3, -0.25) is 9.89 Å². The first-order valence-electron chi connectivity index (χ1n) is 6.24. The summed E-state index contributed by atoms with van der Waals surface area (Å²) in [4.78, 5) is 20.5. The third-order valence-electron chi connectivity index (χ3n) is 2.72. The molecule has 2 N–H and O–H groups in total. The molecule has 0 saturated heterocycles. The molecular formula is C12H17N5OS. The van der Waals surface area contributed by atoms with Crippen molar-refractivity contribution >= 4 is 17.2 Å². The van der Waals surface area contributed by atoms with Gasteiger partial charge in [0, 0.05) is 17.5 Å². The van der Waals surface area contributed by atoms with Gasteiger partial charge in [-0.1, -0.05) is 20.8 Å². The number of hydrogen-bond acceptors (Lipinski definition) is 5. The first-order valence-corrected chi connectivity index (χ1v) is 7.12. The molecule has 19 heavy (non-hydrogen) atoms. The van der Waals surface area contributed by atoms with E-state index in [1.165, 1.54) is 11.3 Å². The van der Waals surface area contributed by atoms with Gasteiger partial charge in [0.05, 0.1) is 6.04 Å². The lowest BCUT2D eigenvalue weighted by molar-refractivity contribution is 0.0925. The number of hydrogen-bond donors (Lipinski definition) is 2. The van der Waals surface area contributed by atoms with Gasteiger partial charge in [0.25, 0.3) is 5.91 Å². The average molecular weight is 279 g/mol. The second-order valence-corrected chi connectivity index (χ2v) is 5.43. The van der Waals surface area contributed by atoms with Crippen molar-refractivity contribution in [3.63, 3.8) is 0 Å². The first-order chi connectivity index (χ1) is 9.11. The summed E-state index contributed by atoms with van der Waals surface area (Å²) in [7, 11) is 0. The minimum atomic E-state index is -0.273. The van der Waals surface area contributed by atoms with Crippen LogP contribution in [0.5, 0.6) is 0 Å². The molecule has 2 heterocycles. The maximum absolute atomic E-state index is 12.1. The lowest BCUT2D eigenvalue weighted by Crippen LogP contribution is -2.29. The highest BCUT2D eigenvalue weighted by Gasteiger charge is 2.19. The summed E-state index contributed by atoms with van der Waals surface area (Å²) < 4.78 is 0. The fraction of sp³-hybridized carbons (Fsp3) is 0.500. The van der Waals surface area contributed by atoms with Crippen LogP contribution in [0.3, 0.4) is 0 Å². The molecule has 1 atom stereocenters. The van der Waals surface area contributed by atoms with Crippen LogP contribution in [0.25, 0.3) is 0 Å². The van der Waals surface area contributed by atoms with Gasteiger partial charge in [0.2, 0.25) is 5.82 Å². The first kappa shape index (κ1) is 13.7. The van der Waals surface area contributed by atoms with Gasteiger partial charge in [-0.25, -0.2) is 9.97 Å². The number of nitrogens with one attached hydrogen (secondary N) is 2. The quantitative estimate of drug-likeness (QED) is 0.879. The monoisotopic (exact) mass is 279 g/mol. The highest BCUT2D eigenvalue weighted by Crippen LogP contribution is 2.19. The molecule has 0 aliphatic heterocycles. The topological polar surface area (TPSA) is 83.6 Å². The number of nitrogens with zero attached hydrogens (tertiary/aromatic N) is 3. The molecular weight excluding hydrogens is 262 g/mol. The Balaban J connectivity index is 2.07. The Morgan fingerprint density at radius 1 is 1.53 bits per heavy atom. The molecule has 6 nitrogen and oxygen atoms in total. The van der Waals surface area contributed by atoms with Crippen LogP contribution < -0.4 is 5.32 Å². The molecule has 102 valence electrons. The number of carbonyl (C=O) groups is 1. The van der Waals surface area contributed by atoms with Crippen molar-refractivity contribution in [1.29, 1.82) is 0 Å². The highest BCUT2D eigenvalue weighted by atomic mass is 32.1. The number of carbonyl (C=O) groups excluding carboxylic acids is 1. The molecule has 2 aromatic rings. The third-order valence-corrected chi connectivity index (χ3v) is 3.60. The molecule has 0 saturated carbocycles. The Morgan fingerprint density at radius 3 is 2.84 bits per heavy atom. The van der Waals surface area contributed by atoms with E-state index in [9.17, 15) is 4.79 Å². The summed E-state index contributed by atoms with van der Waals surface area (Å²) in [6.45, 7) is 5.99. The van der Waals surface area contributed by atoms with Gasteiger partial charge < -0.3 is 5.32 Å². The largest absolute Gasteiger partial charge is 0.340 e. The van der Waals surface area contributed by atoms with Crippen molar-refractivity contribution in [3.05, 3.63) is 28.2 Å². The Hall–Kier alpha value is -1.76. The molecule has 0 aliphatic carbocycles. The summed E-state index contributed by atoms with van der Waals surface area (Å²) in [6.07, 6.45) is 2.51. The Morgan fingerprint density at radius 2 is 2.32 bits per heavy atom. The lowest BCUT2D eigenvalue weighted by atomic mass is 10.2. The van der Waals surface area contributed by atoms with Gasteiger partial charge in [0.1, 0.15) is 10.8 Å². The highest BCUT2D eigenvalue weighted by molar-refractivity contribution is 7.09. The van der Waals surface area contributed by atoms with E-state index in [1.807, 2.05) is 26.2 Å². The molecule has 2 rings (SSSR count). The molecule has 0 aromatic carbocycles. The van der Waals surface area contributed by atoms with Gasteiger partial charge in [-0.2, -0.15) is 0 Å². The van der Waals surface area contributed by atoms with Crippen LogP contribution in [0.15, 0.2) is 11.6 Å².